The average Bonchev–Trinajstić information content (AvgIpc) is 2.43. The fourth-order valence-electron chi connectivity index (χ4n) is 1.77. The fraction of sp³-hybridized carbons (Fsp3) is 0.846. The molecular weight excluding hydrogens is 280 g/mol. The summed E-state index contributed by atoms with van der Waals surface area (Å²) in [6, 6.07) is -0.278. The number of hydrogen-bond donors (Lipinski definition) is 2. The Morgan fingerprint density at radius 1 is 1.32 bits per heavy atom. The van der Waals surface area contributed by atoms with Crippen molar-refractivity contribution in [1.82, 2.24) is 5.32 Å². The van der Waals surface area contributed by atoms with E-state index in [9.17, 15) is 9.59 Å². The number of ketones is 2. The van der Waals surface area contributed by atoms with E-state index in [-0.39, 0.29) is 36.6 Å². The second kappa shape index (κ2) is 9.80. The lowest BCUT2D eigenvalue weighted by atomic mass is 10.1. The summed E-state index contributed by atoms with van der Waals surface area (Å²) in [5.74, 6) is 4.02. The van der Waals surface area contributed by atoms with E-state index >= 15 is 0 Å². The first-order valence-electron chi connectivity index (χ1n) is 6.79. The molecule has 6 heteroatoms. The molecule has 0 spiro atoms. The van der Waals surface area contributed by atoms with Gasteiger partial charge >= 0.3 is 0 Å². The van der Waals surface area contributed by atoms with Crippen molar-refractivity contribution < 1.29 is 9.59 Å². The van der Waals surface area contributed by atoms with Gasteiger partial charge in [-0.15, -0.1) is 0 Å². The second-order valence-electron chi connectivity index (χ2n) is 4.83. The van der Waals surface area contributed by atoms with E-state index in [1.807, 2.05) is 18.7 Å². The highest BCUT2D eigenvalue weighted by Gasteiger charge is 2.20. The van der Waals surface area contributed by atoms with Crippen LogP contribution in [0.4, 0.5) is 0 Å². The molecule has 0 aromatic heterocycles. The Labute approximate surface area is 124 Å². The molecule has 1 fully saturated rings. The number of nitrogens with two attached hydrogens (primary N) is 1. The van der Waals surface area contributed by atoms with E-state index in [2.05, 4.69) is 5.32 Å². The Kier molecular flexibility index (Phi) is 8.77. The van der Waals surface area contributed by atoms with Gasteiger partial charge in [0.1, 0.15) is 5.78 Å². The standard InChI is InChI=1S/C13H24N2O2S2/c1-10-8-18-4-2-3-5-19-9-11(12(16)6-14)15-7-13(10)17/h10-11,15H,2-9,14H2,1H3. The van der Waals surface area contributed by atoms with Crippen LogP contribution in [0.3, 0.4) is 0 Å². The van der Waals surface area contributed by atoms with E-state index in [1.54, 1.807) is 11.8 Å². The molecule has 1 aliphatic rings. The fourth-order valence-corrected chi connectivity index (χ4v) is 4.00. The van der Waals surface area contributed by atoms with E-state index in [1.165, 1.54) is 12.8 Å². The monoisotopic (exact) mass is 304 g/mol. The first-order valence-corrected chi connectivity index (χ1v) is 9.10. The van der Waals surface area contributed by atoms with Crippen LogP contribution < -0.4 is 11.1 Å². The zero-order valence-electron chi connectivity index (χ0n) is 11.5. The summed E-state index contributed by atoms with van der Waals surface area (Å²) < 4.78 is 0. The van der Waals surface area contributed by atoms with E-state index in [4.69, 9.17) is 5.73 Å². The van der Waals surface area contributed by atoms with Crippen LogP contribution in [-0.4, -0.2) is 53.7 Å². The van der Waals surface area contributed by atoms with Gasteiger partial charge in [-0.05, 0) is 24.3 Å². The largest absolute Gasteiger partial charge is 0.324 e. The van der Waals surface area contributed by atoms with Gasteiger partial charge < -0.3 is 5.73 Å². The molecule has 0 saturated carbocycles. The minimum absolute atomic E-state index is 0.00259. The molecule has 0 aromatic rings. The van der Waals surface area contributed by atoms with Crippen LogP contribution in [0.5, 0.6) is 0 Å². The zero-order chi connectivity index (χ0) is 14.1. The van der Waals surface area contributed by atoms with E-state index in [0.717, 1.165) is 17.3 Å². The van der Waals surface area contributed by atoms with Gasteiger partial charge in [-0.25, -0.2) is 0 Å². The van der Waals surface area contributed by atoms with Gasteiger partial charge in [-0.3, -0.25) is 14.9 Å². The van der Waals surface area contributed by atoms with Crippen molar-refractivity contribution in [2.24, 2.45) is 11.7 Å². The van der Waals surface area contributed by atoms with Crippen LogP contribution in [-0.2, 0) is 9.59 Å². The topological polar surface area (TPSA) is 72.2 Å². The van der Waals surface area contributed by atoms with Crippen molar-refractivity contribution >= 4 is 35.1 Å². The molecule has 2 atom stereocenters. The SMILES string of the molecule is CC1CSCCCCSCC(C(=O)CN)NCC1=O. The highest BCUT2D eigenvalue weighted by molar-refractivity contribution is 7.99. The molecule has 4 nitrogen and oxygen atoms in total. The maximum absolute atomic E-state index is 11.9. The van der Waals surface area contributed by atoms with Gasteiger partial charge in [-0.1, -0.05) is 6.92 Å². The zero-order valence-corrected chi connectivity index (χ0v) is 13.2. The van der Waals surface area contributed by atoms with Crippen LogP contribution in [0.1, 0.15) is 19.8 Å². The number of hydrogen-bond acceptors (Lipinski definition) is 6. The predicted octanol–water partition coefficient (Wildman–Crippen LogP) is 0.938. The number of thioether (sulfide) groups is 2. The normalized spacial score (nSPS) is 28.0. The van der Waals surface area contributed by atoms with Crippen molar-refractivity contribution in [3.8, 4) is 0 Å². The molecular formula is C13H24N2O2S2. The first-order chi connectivity index (χ1) is 9.15. The van der Waals surface area contributed by atoms with Gasteiger partial charge in [0.05, 0.1) is 19.1 Å². The van der Waals surface area contributed by atoms with Gasteiger partial charge in [0.2, 0.25) is 0 Å². The predicted molar refractivity (Wildman–Crippen MR) is 83.9 cm³/mol. The lowest BCUT2D eigenvalue weighted by Gasteiger charge is -2.17. The summed E-state index contributed by atoms with van der Waals surface area (Å²) in [5, 5.41) is 3.08. The van der Waals surface area contributed by atoms with Crippen molar-refractivity contribution in [1.29, 1.82) is 0 Å². The molecule has 0 aromatic carbocycles. The van der Waals surface area contributed by atoms with Crippen LogP contribution in [0, 0.1) is 5.92 Å². The number of carbonyl (C=O) groups is 2. The average molecular weight is 304 g/mol. The summed E-state index contributed by atoms with van der Waals surface area (Å²) in [6.07, 6.45) is 2.35. The minimum Gasteiger partial charge on any atom is -0.324 e. The molecule has 1 aliphatic heterocycles. The first kappa shape index (κ1) is 17.0. The Hall–Kier alpha value is -0.0400. The van der Waals surface area contributed by atoms with Crippen molar-refractivity contribution in [2.45, 2.75) is 25.8 Å². The number of Topliss-reactive ketones (excluding diaryl/α,β-unsaturated/α-hetero) is 2. The van der Waals surface area contributed by atoms with Gasteiger partial charge in [0.15, 0.2) is 5.78 Å². The lowest BCUT2D eigenvalue weighted by Crippen LogP contribution is -2.45. The van der Waals surface area contributed by atoms with Gasteiger partial charge in [0, 0.05) is 17.4 Å². The highest BCUT2D eigenvalue weighted by atomic mass is 32.2. The van der Waals surface area contributed by atoms with Crippen LogP contribution in [0.15, 0.2) is 0 Å². The summed E-state index contributed by atoms with van der Waals surface area (Å²) in [5.41, 5.74) is 5.42. The third kappa shape index (κ3) is 6.79. The van der Waals surface area contributed by atoms with Crippen molar-refractivity contribution in [3.05, 3.63) is 0 Å². The summed E-state index contributed by atoms with van der Waals surface area (Å²) in [4.78, 5) is 23.7. The van der Waals surface area contributed by atoms with Crippen LogP contribution in [0.2, 0.25) is 0 Å². The molecule has 1 rings (SSSR count). The smallest absolute Gasteiger partial charge is 0.164 e. The maximum atomic E-state index is 11.9. The quantitative estimate of drug-likeness (QED) is 0.791. The van der Waals surface area contributed by atoms with Crippen molar-refractivity contribution in [3.63, 3.8) is 0 Å². The number of carbonyl (C=O) groups excluding carboxylic acids is 2. The van der Waals surface area contributed by atoms with Gasteiger partial charge in [-0.2, -0.15) is 23.5 Å². The molecule has 2 unspecified atom stereocenters. The molecule has 0 amide bonds. The third-order valence-electron chi connectivity index (χ3n) is 3.14. The summed E-state index contributed by atoms with van der Waals surface area (Å²) in [7, 11) is 0. The summed E-state index contributed by atoms with van der Waals surface area (Å²) in [6.45, 7) is 2.28. The lowest BCUT2D eigenvalue weighted by molar-refractivity contribution is -0.121. The second-order valence-corrected chi connectivity index (χ2v) is 7.13. The van der Waals surface area contributed by atoms with Crippen molar-refractivity contribution in [2.75, 3.05) is 36.1 Å². The Morgan fingerprint density at radius 3 is 2.58 bits per heavy atom. The molecule has 1 heterocycles. The molecule has 0 bridgehead atoms. The van der Waals surface area contributed by atoms with E-state index in [0.29, 0.717) is 5.75 Å². The Morgan fingerprint density at radius 2 is 1.95 bits per heavy atom. The van der Waals surface area contributed by atoms with Gasteiger partial charge in [0.25, 0.3) is 0 Å². The Bertz CT molecular complexity index is 300. The van der Waals surface area contributed by atoms with Crippen LogP contribution in [0.25, 0.3) is 0 Å². The molecule has 3 N–H and O–H groups in total. The third-order valence-corrected chi connectivity index (χ3v) is 5.60. The molecule has 19 heavy (non-hydrogen) atoms. The molecule has 110 valence electrons. The number of rotatable bonds is 2. The van der Waals surface area contributed by atoms with E-state index < -0.39 is 0 Å². The maximum Gasteiger partial charge on any atom is 0.164 e. The molecule has 1 saturated heterocycles. The van der Waals surface area contributed by atoms with Crippen LogP contribution >= 0.6 is 23.5 Å². The minimum atomic E-state index is -0.278. The molecule has 0 aliphatic carbocycles. The Balaban J connectivity index is 2.55. The number of nitrogens with one attached hydrogen (secondary N) is 1. The molecule has 0 radical (unpaired) electrons. The summed E-state index contributed by atoms with van der Waals surface area (Å²) >= 11 is 3.62. The highest BCUT2D eigenvalue weighted by Crippen LogP contribution is 2.14.